The van der Waals surface area contributed by atoms with Crippen LogP contribution < -0.4 is 15.5 Å². The Morgan fingerprint density at radius 3 is 2.44 bits per heavy atom. The van der Waals surface area contributed by atoms with E-state index in [4.69, 9.17) is 5.26 Å². The summed E-state index contributed by atoms with van der Waals surface area (Å²) in [6.45, 7) is 11.5. The first-order valence-electron chi connectivity index (χ1n) is 9.63. The summed E-state index contributed by atoms with van der Waals surface area (Å²) in [5.41, 5.74) is 0.627. The predicted molar refractivity (Wildman–Crippen MR) is 106 cm³/mol. The molecule has 0 aliphatic carbocycles. The third-order valence-corrected chi connectivity index (χ3v) is 5.28. The first-order chi connectivity index (χ1) is 12.7. The zero-order valence-electron chi connectivity index (χ0n) is 16.7. The molecule has 0 spiro atoms. The Balaban J connectivity index is 1.55. The van der Waals surface area contributed by atoms with Crippen molar-refractivity contribution in [3.8, 4) is 6.07 Å². The standard InChI is InChI=1S/C20H30N6O/c1-19(2)12-16(13-20(3,4)24-19)23-18(27)26-9-7-25(8-10-26)17-11-15(14-21)5-6-22-17/h5-6,11,16,24H,7-10,12-13H2,1-4H3,(H,23,27). The number of anilines is 1. The van der Waals surface area contributed by atoms with Crippen molar-refractivity contribution < 1.29 is 4.79 Å². The average molecular weight is 371 g/mol. The molecule has 2 fully saturated rings. The molecule has 2 aliphatic heterocycles. The SMILES string of the molecule is CC1(C)CC(NC(=O)N2CCN(c3cc(C#N)ccn3)CC2)CC(C)(C)N1. The lowest BCUT2D eigenvalue weighted by Crippen LogP contribution is -2.63. The van der Waals surface area contributed by atoms with E-state index in [-0.39, 0.29) is 23.2 Å². The molecule has 0 saturated carbocycles. The van der Waals surface area contributed by atoms with E-state index in [0.717, 1.165) is 31.7 Å². The second-order valence-corrected chi connectivity index (χ2v) is 8.94. The maximum atomic E-state index is 12.7. The fraction of sp³-hybridized carbons (Fsp3) is 0.650. The third-order valence-electron chi connectivity index (χ3n) is 5.28. The minimum atomic E-state index is 0.00974. The van der Waals surface area contributed by atoms with Gasteiger partial charge >= 0.3 is 6.03 Å². The highest BCUT2D eigenvalue weighted by Crippen LogP contribution is 2.28. The molecule has 3 heterocycles. The molecule has 0 radical (unpaired) electrons. The van der Waals surface area contributed by atoms with Gasteiger partial charge < -0.3 is 20.4 Å². The summed E-state index contributed by atoms with van der Waals surface area (Å²) < 4.78 is 0. The fourth-order valence-electron chi connectivity index (χ4n) is 4.49. The third kappa shape index (κ3) is 4.89. The molecule has 0 unspecified atom stereocenters. The van der Waals surface area contributed by atoms with Crippen LogP contribution in [0.3, 0.4) is 0 Å². The van der Waals surface area contributed by atoms with Crippen LogP contribution in [0.4, 0.5) is 10.6 Å². The Kier molecular flexibility index (Phi) is 5.29. The summed E-state index contributed by atoms with van der Waals surface area (Å²) in [5.74, 6) is 0.802. The highest BCUT2D eigenvalue weighted by atomic mass is 16.2. The number of carbonyl (C=O) groups excluding carboxylic acids is 1. The highest BCUT2D eigenvalue weighted by Gasteiger charge is 2.38. The van der Waals surface area contributed by atoms with Crippen LogP contribution >= 0.6 is 0 Å². The molecule has 146 valence electrons. The van der Waals surface area contributed by atoms with Gasteiger partial charge in [0.15, 0.2) is 0 Å². The van der Waals surface area contributed by atoms with Gasteiger partial charge in [0.05, 0.1) is 11.6 Å². The molecule has 0 bridgehead atoms. The molecule has 2 amide bonds. The van der Waals surface area contributed by atoms with Crippen molar-refractivity contribution >= 4 is 11.8 Å². The molecule has 3 rings (SSSR count). The zero-order chi connectivity index (χ0) is 19.7. The Labute approximate surface area is 161 Å². The zero-order valence-corrected chi connectivity index (χ0v) is 16.7. The molecule has 2 N–H and O–H groups in total. The monoisotopic (exact) mass is 370 g/mol. The summed E-state index contributed by atoms with van der Waals surface area (Å²) in [7, 11) is 0. The van der Waals surface area contributed by atoms with E-state index in [1.54, 1.807) is 18.3 Å². The molecular formula is C20H30N6O. The van der Waals surface area contributed by atoms with E-state index < -0.39 is 0 Å². The number of piperazine rings is 1. The maximum Gasteiger partial charge on any atom is 0.317 e. The largest absolute Gasteiger partial charge is 0.353 e. The van der Waals surface area contributed by atoms with Crippen molar-refractivity contribution in [2.75, 3.05) is 31.1 Å². The number of nitrogens with one attached hydrogen (secondary N) is 2. The average Bonchev–Trinajstić information content (AvgIpc) is 2.59. The summed E-state index contributed by atoms with van der Waals surface area (Å²) in [5, 5.41) is 15.9. The van der Waals surface area contributed by atoms with E-state index in [2.05, 4.69) is 54.3 Å². The lowest BCUT2D eigenvalue weighted by molar-refractivity contribution is 0.138. The van der Waals surface area contributed by atoms with Gasteiger partial charge in [0.1, 0.15) is 5.82 Å². The van der Waals surface area contributed by atoms with Crippen LogP contribution in [0.1, 0.15) is 46.1 Å². The first kappa shape index (κ1) is 19.4. The topological polar surface area (TPSA) is 84.3 Å². The van der Waals surface area contributed by atoms with Gasteiger partial charge in [-0.25, -0.2) is 9.78 Å². The van der Waals surface area contributed by atoms with Crippen LogP contribution in [-0.2, 0) is 0 Å². The second kappa shape index (κ2) is 7.35. The van der Waals surface area contributed by atoms with E-state index >= 15 is 0 Å². The number of piperidine rings is 1. The molecule has 1 aromatic rings. The molecule has 2 aliphatic rings. The van der Waals surface area contributed by atoms with Gasteiger partial charge in [-0.1, -0.05) is 0 Å². The lowest BCUT2D eigenvalue weighted by atomic mass is 9.80. The van der Waals surface area contributed by atoms with Gasteiger partial charge in [-0.2, -0.15) is 5.26 Å². The van der Waals surface area contributed by atoms with Crippen molar-refractivity contribution in [2.24, 2.45) is 0 Å². The van der Waals surface area contributed by atoms with E-state index in [1.807, 2.05) is 4.90 Å². The van der Waals surface area contributed by atoms with Gasteiger partial charge in [-0.3, -0.25) is 0 Å². The number of aromatic nitrogens is 1. The van der Waals surface area contributed by atoms with Gasteiger partial charge in [0.2, 0.25) is 0 Å². The highest BCUT2D eigenvalue weighted by molar-refractivity contribution is 5.75. The van der Waals surface area contributed by atoms with Gasteiger partial charge in [-0.15, -0.1) is 0 Å². The Hall–Kier alpha value is -2.33. The van der Waals surface area contributed by atoms with Crippen molar-refractivity contribution in [3.63, 3.8) is 0 Å². The number of nitrogens with zero attached hydrogens (tertiary/aromatic N) is 4. The van der Waals surface area contributed by atoms with Crippen molar-refractivity contribution in [2.45, 2.75) is 57.7 Å². The quantitative estimate of drug-likeness (QED) is 0.833. The molecule has 0 aromatic carbocycles. The van der Waals surface area contributed by atoms with E-state index in [0.29, 0.717) is 18.7 Å². The summed E-state index contributed by atoms with van der Waals surface area (Å²) in [6, 6.07) is 5.85. The van der Waals surface area contributed by atoms with Crippen LogP contribution in [0, 0.1) is 11.3 Å². The molecule has 0 atom stereocenters. The van der Waals surface area contributed by atoms with Gasteiger partial charge in [0, 0.05) is 49.5 Å². The Bertz CT molecular complexity index is 714. The number of pyridine rings is 1. The minimum Gasteiger partial charge on any atom is -0.353 e. The maximum absolute atomic E-state index is 12.7. The number of amides is 2. The molecule has 2 saturated heterocycles. The predicted octanol–water partition coefficient (Wildman–Crippen LogP) is 2.09. The van der Waals surface area contributed by atoms with Crippen molar-refractivity contribution in [1.82, 2.24) is 20.5 Å². The molecular weight excluding hydrogens is 340 g/mol. The summed E-state index contributed by atoms with van der Waals surface area (Å²) >= 11 is 0. The van der Waals surface area contributed by atoms with Gasteiger partial charge in [0.25, 0.3) is 0 Å². The minimum absolute atomic E-state index is 0.00974. The molecule has 7 heteroatoms. The number of nitriles is 1. The van der Waals surface area contributed by atoms with Crippen LogP contribution in [0.2, 0.25) is 0 Å². The molecule has 27 heavy (non-hydrogen) atoms. The number of hydrogen-bond donors (Lipinski definition) is 2. The Morgan fingerprint density at radius 2 is 1.85 bits per heavy atom. The number of urea groups is 1. The fourth-order valence-corrected chi connectivity index (χ4v) is 4.49. The normalized spacial score (nSPS) is 22.2. The van der Waals surface area contributed by atoms with Crippen LogP contribution in [0.25, 0.3) is 0 Å². The van der Waals surface area contributed by atoms with E-state index in [9.17, 15) is 4.79 Å². The van der Waals surface area contributed by atoms with Crippen LogP contribution in [-0.4, -0.2) is 59.2 Å². The number of rotatable bonds is 2. The molecule has 1 aromatic heterocycles. The van der Waals surface area contributed by atoms with Crippen molar-refractivity contribution in [1.29, 1.82) is 5.26 Å². The van der Waals surface area contributed by atoms with Gasteiger partial charge in [-0.05, 0) is 52.7 Å². The smallest absolute Gasteiger partial charge is 0.317 e. The summed E-state index contributed by atoms with van der Waals surface area (Å²) in [6.07, 6.45) is 3.51. The Morgan fingerprint density at radius 1 is 1.22 bits per heavy atom. The summed E-state index contributed by atoms with van der Waals surface area (Å²) in [4.78, 5) is 21.1. The lowest BCUT2D eigenvalue weighted by Gasteiger charge is -2.47. The molecule has 7 nitrogen and oxygen atoms in total. The van der Waals surface area contributed by atoms with Crippen LogP contribution in [0.15, 0.2) is 18.3 Å². The van der Waals surface area contributed by atoms with E-state index in [1.165, 1.54) is 0 Å². The number of hydrogen-bond acceptors (Lipinski definition) is 5. The first-order valence-corrected chi connectivity index (χ1v) is 9.63. The second-order valence-electron chi connectivity index (χ2n) is 8.94. The van der Waals surface area contributed by atoms with Crippen LogP contribution in [0.5, 0.6) is 0 Å². The number of carbonyl (C=O) groups is 1. The van der Waals surface area contributed by atoms with Crippen molar-refractivity contribution in [3.05, 3.63) is 23.9 Å².